The van der Waals surface area contributed by atoms with Crippen molar-refractivity contribution in [3.63, 3.8) is 0 Å². The number of rotatable bonds is 6. The Morgan fingerprint density at radius 1 is 1.03 bits per heavy atom. The van der Waals surface area contributed by atoms with Gasteiger partial charge in [0.2, 0.25) is 5.95 Å². The van der Waals surface area contributed by atoms with Crippen LogP contribution >= 0.6 is 0 Å². The molecule has 3 aromatic rings. The molecule has 3 aliphatic heterocycles. The van der Waals surface area contributed by atoms with Crippen LogP contribution in [-0.4, -0.2) is 66.6 Å². The van der Waals surface area contributed by atoms with Gasteiger partial charge in [-0.05, 0) is 63.7 Å². The fraction of sp³-hybridized carbons (Fsp3) is 0.483. The van der Waals surface area contributed by atoms with Gasteiger partial charge < -0.3 is 29.9 Å². The van der Waals surface area contributed by atoms with Crippen LogP contribution < -0.4 is 20.4 Å². The van der Waals surface area contributed by atoms with E-state index in [2.05, 4.69) is 83.7 Å². The minimum atomic E-state index is -0.232. The van der Waals surface area contributed by atoms with Crippen molar-refractivity contribution in [3.8, 4) is 0 Å². The highest BCUT2D eigenvalue weighted by molar-refractivity contribution is 5.71. The molecule has 0 saturated carbocycles. The molecule has 2 aromatic heterocycles. The Morgan fingerprint density at radius 2 is 1.82 bits per heavy atom. The Labute approximate surface area is 224 Å². The molecule has 9 nitrogen and oxygen atoms in total. The highest BCUT2D eigenvalue weighted by Gasteiger charge is 2.55. The zero-order valence-electron chi connectivity index (χ0n) is 22.7. The summed E-state index contributed by atoms with van der Waals surface area (Å²) in [6.45, 7) is 11.3. The van der Waals surface area contributed by atoms with Gasteiger partial charge in [-0.2, -0.15) is 4.98 Å². The molecule has 2 N–H and O–H groups in total. The van der Waals surface area contributed by atoms with E-state index in [1.807, 2.05) is 13.2 Å². The Balaban J connectivity index is 1.33. The summed E-state index contributed by atoms with van der Waals surface area (Å²) in [4.78, 5) is 19.5. The van der Waals surface area contributed by atoms with E-state index in [4.69, 9.17) is 24.4 Å². The van der Waals surface area contributed by atoms with Crippen molar-refractivity contribution < 1.29 is 9.47 Å². The number of anilines is 5. The maximum absolute atomic E-state index is 6.33. The van der Waals surface area contributed by atoms with E-state index in [-0.39, 0.29) is 17.1 Å². The molecule has 0 radical (unpaired) electrons. The number of ether oxygens (including phenoxy) is 2. The molecule has 0 unspecified atom stereocenters. The highest BCUT2D eigenvalue weighted by Crippen LogP contribution is 2.52. The number of benzene rings is 1. The number of hydrogen-bond donors (Lipinski definition) is 2. The van der Waals surface area contributed by atoms with Gasteiger partial charge in [0.25, 0.3) is 0 Å². The SMILES string of the molecule is CNCc1cccc(N2c3nc(Nc4ccc(N5CCOCC5)cc4)ncc3[C@]3(C)COC(C)(C)C[C@H]23)n1. The highest BCUT2D eigenvalue weighted by atomic mass is 16.5. The summed E-state index contributed by atoms with van der Waals surface area (Å²) in [5.41, 5.74) is 3.79. The Kier molecular flexibility index (Phi) is 6.45. The van der Waals surface area contributed by atoms with Gasteiger partial charge in [-0.25, -0.2) is 9.97 Å². The molecule has 5 heterocycles. The molecule has 0 amide bonds. The van der Waals surface area contributed by atoms with Crippen molar-refractivity contribution in [2.45, 2.75) is 50.8 Å². The molecule has 2 saturated heterocycles. The number of fused-ring (bicyclic) bond motifs is 3. The first-order chi connectivity index (χ1) is 18.4. The second-order valence-electron chi connectivity index (χ2n) is 11.3. The van der Waals surface area contributed by atoms with Crippen molar-refractivity contribution in [2.75, 3.05) is 55.1 Å². The number of aromatic nitrogens is 3. The van der Waals surface area contributed by atoms with Crippen LogP contribution in [0.2, 0.25) is 0 Å². The fourth-order valence-corrected chi connectivity index (χ4v) is 5.85. The first-order valence-electron chi connectivity index (χ1n) is 13.5. The summed E-state index contributed by atoms with van der Waals surface area (Å²) in [7, 11) is 1.94. The van der Waals surface area contributed by atoms with Gasteiger partial charge in [0, 0.05) is 48.2 Å². The lowest BCUT2D eigenvalue weighted by Crippen LogP contribution is -2.54. The molecule has 6 rings (SSSR count). The van der Waals surface area contributed by atoms with E-state index in [9.17, 15) is 0 Å². The van der Waals surface area contributed by atoms with Gasteiger partial charge in [0.1, 0.15) is 11.6 Å². The van der Waals surface area contributed by atoms with Crippen LogP contribution in [0.5, 0.6) is 0 Å². The number of morpholine rings is 1. The summed E-state index contributed by atoms with van der Waals surface area (Å²) in [6.07, 6.45) is 2.84. The van der Waals surface area contributed by atoms with E-state index in [0.29, 0.717) is 19.1 Å². The number of nitrogens with zero attached hydrogens (tertiary/aromatic N) is 5. The topological polar surface area (TPSA) is 87.7 Å². The number of hydrogen-bond acceptors (Lipinski definition) is 9. The predicted octanol–water partition coefficient (Wildman–Crippen LogP) is 4.15. The van der Waals surface area contributed by atoms with E-state index in [1.54, 1.807) is 0 Å². The molecule has 1 aromatic carbocycles. The van der Waals surface area contributed by atoms with Crippen LogP contribution in [0.1, 0.15) is 38.4 Å². The summed E-state index contributed by atoms with van der Waals surface area (Å²) in [5.74, 6) is 2.38. The third-order valence-corrected chi connectivity index (χ3v) is 8.00. The molecule has 200 valence electrons. The first kappa shape index (κ1) is 25.0. The zero-order valence-corrected chi connectivity index (χ0v) is 22.7. The lowest BCUT2D eigenvalue weighted by Gasteiger charge is -2.46. The molecule has 3 aliphatic rings. The molecule has 9 heteroatoms. The van der Waals surface area contributed by atoms with Crippen LogP contribution in [0.25, 0.3) is 0 Å². The number of pyridine rings is 1. The average Bonchev–Trinajstić information content (AvgIpc) is 3.17. The van der Waals surface area contributed by atoms with Gasteiger partial charge >= 0.3 is 0 Å². The van der Waals surface area contributed by atoms with Crippen molar-refractivity contribution in [3.05, 3.63) is 59.9 Å². The van der Waals surface area contributed by atoms with Crippen molar-refractivity contribution in [1.29, 1.82) is 0 Å². The third kappa shape index (κ3) is 4.59. The summed E-state index contributed by atoms with van der Waals surface area (Å²) >= 11 is 0. The molecule has 2 atom stereocenters. The molecule has 0 aliphatic carbocycles. The van der Waals surface area contributed by atoms with Gasteiger partial charge in [-0.1, -0.05) is 13.0 Å². The minimum Gasteiger partial charge on any atom is -0.378 e. The average molecular weight is 516 g/mol. The standard InChI is InChI=1S/C29H37N7O2/c1-28(2)16-24-29(3,19-38-28)23-18-31-27(33-20-8-10-22(11-9-20)35-12-14-37-15-13-35)34-26(23)36(24)25-7-5-6-21(32-25)17-30-4/h5-11,18,24,30H,12-17,19H2,1-4H3,(H,31,33,34)/t24-,29-/m0/s1. The largest absolute Gasteiger partial charge is 0.378 e. The first-order valence-corrected chi connectivity index (χ1v) is 13.5. The summed E-state index contributed by atoms with van der Waals surface area (Å²) in [6, 6.07) is 14.8. The lowest BCUT2D eigenvalue weighted by molar-refractivity contribution is -0.0893. The van der Waals surface area contributed by atoms with Crippen LogP contribution in [0.15, 0.2) is 48.7 Å². The monoisotopic (exact) mass is 515 g/mol. The summed E-state index contributed by atoms with van der Waals surface area (Å²) in [5, 5.41) is 6.64. The van der Waals surface area contributed by atoms with E-state index in [0.717, 1.165) is 61.3 Å². The summed E-state index contributed by atoms with van der Waals surface area (Å²) < 4.78 is 11.8. The second-order valence-corrected chi connectivity index (χ2v) is 11.3. The van der Waals surface area contributed by atoms with E-state index < -0.39 is 0 Å². The molecule has 0 bridgehead atoms. The van der Waals surface area contributed by atoms with Crippen LogP contribution in [0, 0.1) is 0 Å². The minimum absolute atomic E-state index is 0.163. The number of nitrogens with one attached hydrogen (secondary N) is 2. The Morgan fingerprint density at radius 3 is 2.58 bits per heavy atom. The molecule has 2 fully saturated rings. The third-order valence-electron chi connectivity index (χ3n) is 8.00. The molecule has 0 spiro atoms. The maximum atomic E-state index is 6.33. The van der Waals surface area contributed by atoms with Gasteiger partial charge in [0.15, 0.2) is 0 Å². The van der Waals surface area contributed by atoms with E-state index >= 15 is 0 Å². The van der Waals surface area contributed by atoms with Crippen LogP contribution in [0.4, 0.5) is 29.0 Å². The zero-order chi connectivity index (χ0) is 26.3. The van der Waals surface area contributed by atoms with Crippen LogP contribution in [0.3, 0.4) is 0 Å². The Bertz CT molecular complexity index is 1290. The predicted molar refractivity (Wildman–Crippen MR) is 150 cm³/mol. The van der Waals surface area contributed by atoms with Crippen molar-refractivity contribution in [1.82, 2.24) is 20.3 Å². The normalized spacial score (nSPS) is 24.2. The molecular weight excluding hydrogens is 478 g/mol. The van der Waals surface area contributed by atoms with Gasteiger partial charge in [0.05, 0.1) is 37.2 Å². The van der Waals surface area contributed by atoms with Crippen molar-refractivity contribution in [2.24, 2.45) is 0 Å². The smallest absolute Gasteiger partial charge is 0.229 e. The van der Waals surface area contributed by atoms with Crippen molar-refractivity contribution >= 4 is 29.0 Å². The molecule has 38 heavy (non-hydrogen) atoms. The second kappa shape index (κ2) is 9.80. The van der Waals surface area contributed by atoms with Gasteiger partial charge in [-0.15, -0.1) is 0 Å². The molecular formula is C29H37N7O2. The Hall–Kier alpha value is -3.27. The quantitative estimate of drug-likeness (QED) is 0.503. The fourth-order valence-electron chi connectivity index (χ4n) is 5.85. The van der Waals surface area contributed by atoms with Crippen LogP contribution in [-0.2, 0) is 21.4 Å². The van der Waals surface area contributed by atoms with Gasteiger partial charge in [-0.3, -0.25) is 0 Å². The van der Waals surface area contributed by atoms with E-state index in [1.165, 1.54) is 5.69 Å². The maximum Gasteiger partial charge on any atom is 0.229 e. The lowest BCUT2D eigenvalue weighted by atomic mass is 9.73.